The van der Waals surface area contributed by atoms with Crippen LogP contribution in [0.5, 0.6) is 0 Å². The number of nitrogens with zero attached hydrogens (tertiary/aromatic N) is 1. The van der Waals surface area contributed by atoms with Crippen LogP contribution in [0.1, 0.15) is 26.2 Å². The van der Waals surface area contributed by atoms with Gasteiger partial charge in [-0.25, -0.2) is 0 Å². The first kappa shape index (κ1) is 12.3. The molecule has 16 heavy (non-hydrogen) atoms. The molecule has 1 saturated carbocycles. The lowest BCUT2D eigenvalue weighted by Gasteiger charge is -2.43. The van der Waals surface area contributed by atoms with Gasteiger partial charge < -0.3 is 15.3 Å². The molecule has 3 atom stereocenters. The summed E-state index contributed by atoms with van der Waals surface area (Å²) in [6.07, 6.45) is 2.75. The van der Waals surface area contributed by atoms with Crippen molar-refractivity contribution in [3.8, 4) is 0 Å². The van der Waals surface area contributed by atoms with Crippen LogP contribution in [-0.2, 0) is 4.79 Å². The molecule has 1 aliphatic heterocycles. The van der Waals surface area contributed by atoms with Crippen molar-refractivity contribution < 1.29 is 9.90 Å². The number of alkyl halides is 1. The number of aliphatic hydroxyl groups is 1. The SMILES string of the molecule is CC1CNC(C2CC2)C(Br)N1C(=O)CCO. The molecule has 5 heteroatoms. The summed E-state index contributed by atoms with van der Waals surface area (Å²) in [5.74, 6) is 0.755. The highest BCUT2D eigenvalue weighted by molar-refractivity contribution is 9.09. The number of aliphatic hydroxyl groups excluding tert-OH is 1. The fraction of sp³-hybridized carbons (Fsp3) is 0.909. The van der Waals surface area contributed by atoms with Crippen molar-refractivity contribution in [1.82, 2.24) is 10.2 Å². The fourth-order valence-corrected chi connectivity index (χ4v) is 3.62. The molecule has 92 valence electrons. The van der Waals surface area contributed by atoms with Gasteiger partial charge in [0.1, 0.15) is 4.95 Å². The molecule has 1 heterocycles. The average Bonchev–Trinajstić information content (AvgIpc) is 3.02. The van der Waals surface area contributed by atoms with Crippen molar-refractivity contribution >= 4 is 21.8 Å². The number of amides is 1. The largest absolute Gasteiger partial charge is 0.396 e. The molecule has 0 radical (unpaired) electrons. The van der Waals surface area contributed by atoms with Crippen LogP contribution in [0.3, 0.4) is 0 Å². The first-order valence-electron chi connectivity index (χ1n) is 5.94. The van der Waals surface area contributed by atoms with Gasteiger partial charge in [0.2, 0.25) is 5.91 Å². The van der Waals surface area contributed by atoms with Gasteiger partial charge in [-0.2, -0.15) is 0 Å². The van der Waals surface area contributed by atoms with Crippen molar-refractivity contribution in [3.63, 3.8) is 0 Å². The standard InChI is InChI=1S/C11H19BrN2O2/c1-7-6-13-10(8-2-3-8)11(12)14(7)9(16)4-5-15/h7-8,10-11,13,15H,2-6H2,1H3. The minimum absolute atomic E-state index is 0.0454. The maximum Gasteiger partial charge on any atom is 0.226 e. The number of piperazine rings is 1. The van der Waals surface area contributed by atoms with Gasteiger partial charge in [-0.15, -0.1) is 0 Å². The molecule has 0 aromatic carbocycles. The Kier molecular flexibility index (Phi) is 3.87. The summed E-state index contributed by atoms with van der Waals surface area (Å²) in [7, 11) is 0. The molecule has 3 unspecified atom stereocenters. The summed E-state index contributed by atoms with van der Waals surface area (Å²) in [6, 6.07) is 0.567. The molecule has 0 aromatic rings. The van der Waals surface area contributed by atoms with E-state index in [4.69, 9.17) is 5.11 Å². The third kappa shape index (κ3) is 2.41. The second-order valence-corrected chi connectivity index (χ2v) is 5.71. The molecular weight excluding hydrogens is 272 g/mol. The van der Waals surface area contributed by atoms with E-state index in [0.29, 0.717) is 12.0 Å². The predicted molar refractivity (Wildman–Crippen MR) is 65.2 cm³/mol. The maximum atomic E-state index is 11.9. The van der Waals surface area contributed by atoms with E-state index in [1.54, 1.807) is 0 Å². The third-order valence-electron chi connectivity index (χ3n) is 3.43. The van der Waals surface area contributed by atoms with E-state index in [2.05, 4.69) is 21.2 Å². The van der Waals surface area contributed by atoms with Gasteiger partial charge in [0.05, 0.1) is 6.61 Å². The molecular formula is C11H19BrN2O2. The first-order chi connectivity index (χ1) is 7.65. The highest BCUT2D eigenvalue weighted by Gasteiger charge is 2.43. The molecule has 4 nitrogen and oxygen atoms in total. The Morgan fingerprint density at radius 3 is 2.81 bits per heavy atom. The highest BCUT2D eigenvalue weighted by Crippen LogP contribution is 2.38. The van der Waals surface area contributed by atoms with Crippen molar-refractivity contribution in [2.24, 2.45) is 5.92 Å². The van der Waals surface area contributed by atoms with Crippen LogP contribution >= 0.6 is 15.9 Å². The summed E-state index contributed by atoms with van der Waals surface area (Å²) >= 11 is 3.63. The Hall–Kier alpha value is -0.130. The van der Waals surface area contributed by atoms with Gasteiger partial charge in [0.15, 0.2) is 0 Å². The van der Waals surface area contributed by atoms with E-state index in [9.17, 15) is 4.79 Å². The van der Waals surface area contributed by atoms with Crippen molar-refractivity contribution in [2.75, 3.05) is 13.2 Å². The Balaban J connectivity index is 2.04. The molecule has 2 aliphatic rings. The number of carbonyl (C=O) groups excluding carboxylic acids is 1. The van der Waals surface area contributed by atoms with Crippen LogP contribution < -0.4 is 5.32 Å². The summed E-state index contributed by atoms with van der Waals surface area (Å²) in [5.41, 5.74) is 0. The minimum atomic E-state index is -0.0662. The lowest BCUT2D eigenvalue weighted by atomic mass is 10.1. The summed E-state index contributed by atoms with van der Waals surface area (Å²) in [5, 5.41) is 12.4. The number of rotatable bonds is 3. The summed E-state index contributed by atoms with van der Waals surface area (Å²) in [4.78, 5) is 13.9. The van der Waals surface area contributed by atoms with E-state index >= 15 is 0 Å². The minimum Gasteiger partial charge on any atom is -0.396 e. The summed E-state index contributed by atoms with van der Waals surface area (Å²) in [6.45, 7) is 2.82. The van der Waals surface area contributed by atoms with Crippen LogP contribution in [0.25, 0.3) is 0 Å². The van der Waals surface area contributed by atoms with Crippen LogP contribution in [0.15, 0.2) is 0 Å². The average molecular weight is 291 g/mol. The smallest absolute Gasteiger partial charge is 0.226 e. The maximum absolute atomic E-state index is 11.9. The third-order valence-corrected chi connectivity index (χ3v) is 4.44. The second-order valence-electron chi connectivity index (χ2n) is 4.77. The number of carbonyl (C=O) groups is 1. The molecule has 0 spiro atoms. The molecule has 1 saturated heterocycles. The van der Waals surface area contributed by atoms with Gasteiger partial charge in [0.25, 0.3) is 0 Å². The van der Waals surface area contributed by atoms with E-state index in [0.717, 1.165) is 6.54 Å². The Labute approximate surface area is 105 Å². The van der Waals surface area contributed by atoms with E-state index in [1.165, 1.54) is 12.8 Å². The molecule has 1 amide bonds. The van der Waals surface area contributed by atoms with Crippen LogP contribution in [0.2, 0.25) is 0 Å². The van der Waals surface area contributed by atoms with Crippen LogP contribution in [-0.4, -0.2) is 46.1 Å². The summed E-state index contributed by atoms with van der Waals surface area (Å²) < 4.78 is 0. The molecule has 0 bridgehead atoms. The zero-order valence-corrected chi connectivity index (χ0v) is 11.1. The van der Waals surface area contributed by atoms with Crippen molar-refractivity contribution in [1.29, 1.82) is 0 Å². The zero-order chi connectivity index (χ0) is 11.7. The Morgan fingerprint density at radius 1 is 1.56 bits per heavy atom. The lowest BCUT2D eigenvalue weighted by molar-refractivity contribution is -0.136. The Morgan fingerprint density at radius 2 is 2.25 bits per heavy atom. The van der Waals surface area contributed by atoms with E-state index in [-0.39, 0.29) is 29.9 Å². The molecule has 2 rings (SSSR count). The van der Waals surface area contributed by atoms with Crippen molar-refractivity contribution in [2.45, 2.75) is 43.2 Å². The van der Waals surface area contributed by atoms with Crippen LogP contribution in [0.4, 0.5) is 0 Å². The number of hydrogen-bond donors (Lipinski definition) is 2. The zero-order valence-electron chi connectivity index (χ0n) is 9.53. The van der Waals surface area contributed by atoms with Crippen LogP contribution in [0, 0.1) is 5.92 Å². The topological polar surface area (TPSA) is 52.6 Å². The highest BCUT2D eigenvalue weighted by atomic mass is 79.9. The fourth-order valence-electron chi connectivity index (χ4n) is 2.37. The Bertz CT molecular complexity index is 271. The van der Waals surface area contributed by atoms with E-state index in [1.807, 2.05) is 11.8 Å². The van der Waals surface area contributed by atoms with Gasteiger partial charge in [0, 0.05) is 25.0 Å². The lowest BCUT2D eigenvalue weighted by Crippen LogP contribution is -2.62. The monoisotopic (exact) mass is 290 g/mol. The van der Waals surface area contributed by atoms with Crippen molar-refractivity contribution in [3.05, 3.63) is 0 Å². The predicted octanol–water partition coefficient (Wildman–Crippen LogP) is 0.689. The first-order valence-corrected chi connectivity index (χ1v) is 6.86. The second kappa shape index (κ2) is 5.02. The number of nitrogens with one attached hydrogen (secondary N) is 1. The quantitative estimate of drug-likeness (QED) is 0.594. The van der Waals surface area contributed by atoms with Gasteiger partial charge in [-0.1, -0.05) is 15.9 Å². The number of hydrogen-bond acceptors (Lipinski definition) is 3. The van der Waals surface area contributed by atoms with E-state index < -0.39 is 0 Å². The molecule has 1 aliphatic carbocycles. The van der Waals surface area contributed by atoms with Gasteiger partial charge >= 0.3 is 0 Å². The number of halogens is 1. The normalized spacial score (nSPS) is 35.2. The van der Waals surface area contributed by atoms with Gasteiger partial charge in [-0.05, 0) is 25.7 Å². The molecule has 2 N–H and O–H groups in total. The van der Waals surface area contributed by atoms with Gasteiger partial charge in [-0.3, -0.25) is 4.79 Å². The molecule has 2 fully saturated rings. The molecule has 0 aromatic heterocycles.